The van der Waals surface area contributed by atoms with Gasteiger partial charge < -0.3 is 10.4 Å². The number of carbonyl (C=O) groups is 1. The molecule has 0 spiro atoms. The third-order valence-corrected chi connectivity index (χ3v) is 1.66. The third-order valence-electron chi connectivity index (χ3n) is 1.66. The van der Waals surface area contributed by atoms with Crippen molar-refractivity contribution in [1.82, 2.24) is 5.32 Å². The summed E-state index contributed by atoms with van der Waals surface area (Å²) >= 11 is 0. The van der Waals surface area contributed by atoms with Gasteiger partial charge >= 0.3 is 0 Å². The van der Waals surface area contributed by atoms with Crippen LogP contribution in [0.3, 0.4) is 0 Å². The molecule has 1 atom stereocenters. The van der Waals surface area contributed by atoms with Gasteiger partial charge in [-0.15, -0.1) is 0 Å². The molecule has 0 unspecified atom stereocenters. The van der Waals surface area contributed by atoms with Crippen LogP contribution in [0.1, 0.15) is 12.8 Å². The number of ketones is 1. The van der Waals surface area contributed by atoms with Gasteiger partial charge in [-0.1, -0.05) is 6.58 Å². The molecule has 0 aromatic carbocycles. The molecule has 1 aliphatic heterocycles. The van der Waals surface area contributed by atoms with Crippen LogP contribution < -0.4 is 5.32 Å². The van der Waals surface area contributed by atoms with E-state index in [0.717, 1.165) is 19.4 Å². The van der Waals surface area contributed by atoms with Crippen molar-refractivity contribution in [3.8, 4) is 0 Å². The van der Waals surface area contributed by atoms with E-state index < -0.39 is 0 Å². The lowest BCUT2D eigenvalue weighted by Crippen LogP contribution is -2.31. The molecule has 3 heteroatoms. The molecule has 0 saturated carbocycles. The van der Waals surface area contributed by atoms with Crippen molar-refractivity contribution in [2.75, 3.05) is 6.54 Å². The molecule has 1 rings (SSSR count). The zero-order valence-electron chi connectivity index (χ0n) is 5.76. The Morgan fingerprint density at radius 1 is 1.70 bits per heavy atom. The summed E-state index contributed by atoms with van der Waals surface area (Å²) in [5.41, 5.74) is 0. The molecule has 0 bridgehead atoms. The largest absolute Gasteiger partial charge is 0.505 e. The Kier molecular flexibility index (Phi) is 2.06. The Morgan fingerprint density at radius 3 is 2.80 bits per heavy atom. The summed E-state index contributed by atoms with van der Waals surface area (Å²) in [6.45, 7) is 4.03. The van der Waals surface area contributed by atoms with Gasteiger partial charge in [0.25, 0.3) is 0 Å². The van der Waals surface area contributed by atoms with Crippen molar-refractivity contribution in [2.24, 2.45) is 0 Å². The molecule has 0 aromatic heterocycles. The van der Waals surface area contributed by atoms with Gasteiger partial charge in [-0.25, -0.2) is 0 Å². The Hall–Kier alpha value is -0.830. The molecule has 56 valence electrons. The number of carbonyl (C=O) groups excluding carboxylic acids is 1. The SMILES string of the molecule is C=C(O)C(=O)[C@@H]1CCCN1. The average molecular weight is 141 g/mol. The van der Waals surface area contributed by atoms with Crippen molar-refractivity contribution in [3.05, 3.63) is 12.3 Å². The summed E-state index contributed by atoms with van der Waals surface area (Å²) in [7, 11) is 0. The summed E-state index contributed by atoms with van der Waals surface area (Å²) in [5, 5.41) is 11.7. The summed E-state index contributed by atoms with van der Waals surface area (Å²) in [4.78, 5) is 10.9. The number of aliphatic hydroxyl groups excluding tert-OH is 1. The average Bonchev–Trinajstić information content (AvgIpc) is 2.36. The third kappa shape index (κ3) is 1.36. The van der Waals surface area contributed by atoms with Crippen LogP contribution in [0.2, 0.25) is 0 Å². The van der Waals surface area contributed by atoms with Gasteiger partial charge in [0.05, 0.1) is 6.04 Å². The normalized spacial score (nSPS) is 24.6. The van der Waals surface area contributed by atoms with Gasteiger partial charge in [-0.2, -0.15) is 0 Å². The van der Waals surface area contributed by atoms with Crippen molar-refractivity contribution in [2.45, 2.75) is 18.9 Å². The Morgan fingerprint density at radius 2 is 2.40 bits per heavy atom. The van der Waals surface area contributed by atoms with Gasteiger partial charge in [-0.3, -0.25) is 4.79 Å². The van der Waals surface area contributed by atoms with Crippen LogP contribution in [-0.4, -0.2) is 23.5 Å². The number of aliphatic hydroxyl groups is 1. The highest BCUT2D eigenvalue weighted by molar-refractivity contribution is 5.96. The van der Waals surface area contributed by atoms with E-state index in [4.69, 9.17) is 5.11 Å². The van der Waals surface area contributed by atoms with Gasteiger partial charge in [0, 0.05) is 0 Å². The minimum absolute atomic E-state index is 0.183. The van der Waals surface area contributed by atoms with Crippen molar-refractivity contribution in [1.29, 1.82) is 0 Å². The molecular weight excluding hydrogens is 130 g/mol. The smallest absolute Gasteiger partial charge is 0.213 e. The standard InChI is InChI=1S/C7H11NO2/c1-5(9)7(10)6-3-2-4-8-6/h6,8-9H,1-4H2/t6-/m0/s1. The molecule has 0 aromatic rings. The topological polar surface area (TPSA) is 49.3 Å². The summed E-state index contributed by atoms with van der Waals surface area (Å²) < 4.78 is 0. The lowest BCUT2D eigenvalue weighted by molar-refractivity contribution is -0.119. The van der Waals surface area contributed by atoms with Crippen molar-refractivity contribution >= 4 is 5.78 Å². The van der Waals surface area contributed by atoms with Gasteiger partial charge in [0.1, 0.15) is 0 Å². The first kappa shape index (κ1) is 7.28. The van der Waals surface area contributed by atoms with Crippen molar-refractivity contribution in [3.63, 3.8) is 0 Å². The highest BCUT2D eigenvalue weighted by Crippen LogP contribution is 2.08. The number of Topliss-reactive ketones (excluding diaryl/α,β-unsaturated/α-hetero) is 1. The number of hydrogen-bond acceptors (Lipinski definition) is 3. The monoisotopic (exact) mass is 141 g/mol. The van der Waals surface area contributed by atoms with E-state index >= 15 is 0 Å². The fourth-order valence-corrected chi connectivity index (χ4v) is 1.11. The van der Waals surface area contributed by atoms with Gasteiger partial charge in [-0.05, 0) is 19.4 Å². The summed E-state index contributed by atoms with van der Waals surface area (Å²) in [6, 6.07) is -0.183. The molecule has 1 aliphatic rings. The van der Waals surface area contributed by atoms with Crippen LogP contribution in [0.5, 0.6) is 0 Å². The van der Waals surface area contributed by atoms with E-state index in [1.54, 1.807) is 0 Å². The lowest BCUT2D eigenvalue weighted by Gasteiger charge is -2.05. The van der Waals surface area contributed by atoms with E-state index in [1.165, 1.54) is 0 Å². The van der Waals surface area contributed by atoms with Crippen LogP contribution in [0, 0.1) is 0 Å². The zero-order valence-corrected chi connectivity index (χ0v) is 5.76. The van der Waals surface area contributed by atoms with Crippen LogP contribution in [0.4, 0.5) is 0 Å². The molecule has 1 saturated heterocycles. The molecule has 10 heavy (non-hydrogen) atoms. The maximum absolute atomic E-state index is 10.9. The second-order valence-corrected chi connectivity index (χ2v) is 2.46. The summed E-state index contributed by atoms with van der Waals surface area (Å²) in [5.74, 6) is -0.600. The van der Waals surface area contributed by atoms with Crippen LogP contribution in [0.15, 0.2) is 12.3 Å². The molecule has 0 amide bonds. The number of rotatable bonds is 2. The highest BCUT2D eigenvalue weighted by atomic mass is 16.3. The fourth-order valence-electron chi connectivity index (χ4n) is 1.11. The first-order chi connectivity index (χ1) is 4.72. The number of nitrogens with one attached hydrogen (secondary N) is 1. The van der Waals surface area contributed by atoms with Crippen molar-refractivity contribution < 1.29 is 9.90 Å². The molecule has 0 radical (unpaired) electrons. The minimum atomic E-state index is -0.334. The maximum atomic E-state index is 10.9. The second-order valence-electron chi connectivity index (χ2n) is 2.46. The molecule has 3 nitrogen and oxygen atoms in total. The van der Waals surface area contributed by atoms with E-state index in [-0.39, 0.29) is 17.6 Å². The predicted octanol–water partition coefficient (Wildman–Crippen LogP) is 0.379. The Bertz CT molecular complexity index is 159. The van der Waals surface area contributed by atoms with E-state index in [1.807, 2.05) is 0 Å². The molecule has 2 N–H and O–H groups in total. The maximum Gasteiger partial charge on any atom is 0.213 e. The van der Waals surface area contributed by atoms with Crippen LogP contribution in [0.25, 0.3) is 0 Å². The molecule has 1 fully saturated rings. The minimum Gasteiger partial charge on any atom is -0.505 e. The quantitative estimate of drug-likeness (QED) is 0.431. The van der Waals surface area contributed by atoms with Gasteiger partial charge in [0.15, 0.2) is 5.76 Å². The fraction of sp³-hybridized carbons (Fsp3) is 0.571. The predicted molar refractivity (Wildman–Crippen MR) is 37.8 cm³/mol. The lowest BCUT2D eigenvalue weighted by atomic mass is 10.1. The second kappa shape index (κ2) is 2.84. The highest BCUT2D eigenvalue weighted by Gasteiger charge is 2.23. The molecule has 1 heterocycles. The van der Waals surface area contributed by atoms with E-state index in [2.05, 4.69) is 11.9 Å². The number of hydrogen-bond donors (Lipinski definition) is 2. The van der Waals surface area contributed by atoms with E-state index in [9.17, 15) is 4.79 Å². The zero-order chi connectivity index (χ0) is 7.56. The van der Waals surface area contributed by atoms with E-state index in [0.29, 0.717) is 0 Å². The first-order valence-corrected chi connectivity index (χ1v) is 3.37. The Balaban J connectivity index is 2.48. The molecule has 0 aliphatic carbocycles. The van der Waals surface area contributed by atoms with Crippen LogP contribution in [-0.2, 0) is 4.79 Å². The first-order valence-electron chi connectivity index (χ1n) is 3.37. The summed E-state index contributed by atoms with van der Waals surface area (Å²) in [6.07, 6.45) is 1.82. The Labute approximate surface area is 59.7 Å². The van der Waals surface area contributed by atoms with Crippen LogP contribution >= 0.6 is 0 Å². The molecular formula is C7H11NO2. The van der Waals surface area contributed by atoms with Gasteiger partial charge in [0.2, 0.25) is 5.78 Å².